The summed E-state index contributed by atoms with van der Waals surface area (Å²) in [6.07, 6.45) is 0. The van der Waals surface area contributed by atoms with E-state index in [1.165, 1.54) is 11.0 Å². The Balaban J connectivity index is 2.45. The standard InChI is InChI=1S/C16H14ClNO3/c1-10-7-8-11(17)9-13(10)15(19)18(2)14-6-4-3-5-12(14)16(20)21/h3-9H,1-2H3,(H,20,21). The van der Waals surface area contributed by atoms with Gasteiger partial charge in [0.2, 0.25) is 0 Å². The van der Waals surface area contributed by atoms with Crippen molar-refractivity contribution in [2.75, 3.05) is 11.9 Å². The summed E-state index contributed by atoms with van der Waals surface area (Å²) >= 11 is 5.93. The minimum atomic E-state index is -1.08. The van der Waals surface area contributed by atoms with Crippen LogP contribution in [-0.2, 0) is 0 Å². The van der Waals surface area contributed by atoms with Crippen molar-refractivity contribution in [3.05, 3.63) is 64.2 Å². The Morgan fingerprint density at radius 2 is 1.76 bits per heavy atom. The Morgan fingerprint density at radius 1 is 1.10 bits per heavy atom. The van der Waals surface area contributed by atoms with E-state index in [4.69, 9.17) is 11.6 Å². The first-order chi connectivity index (χ1) is 9.91. The number of carboxylic acids is 1. The van der Waals surface area contributed by atoms with Crippen LogP contribution in [0, 0.1) is 6.92 Å². The molecule has 0 aliphatic carbocycles. The molecule has 0 saturated heterocycles. The van der Waals surface area contributed by atoms with E-state index < -0.39 is 5.97 Å². The summed E-state index contributed by atoms with van der Waals surface area (Å²) in [4.78, 5) is 25.1. The second-order valence-corrected chi connectivity index (χ2v) is 5.08. The van der Waals surface area contributed by atoms with Crippen LogP contribution in [-0.4, -0.2) is 24.0 Å². The fourth-order valence-corrected chi connectivity index (χ4v) is 2.23. The van der Waals surface area contributed by atoms with Crippen LogP contribution in [0.1, 0.15) is 26.3 Å². The summed E-state index contributed by atoms with van der Waals surface area (Å²) in [5.74, 6) is -1.38. The van der Waals surface area contributed by atoms with Crippen molar-refractivity contribution < 1.29 is 14.7 Å². The number of halogens is 1. The molecule has 5 heteroatoms. The van der Waals surface area contributed by atoms with Crippen molar-refractivity contribution in [3.8, 4) is 0 Å². The summed E-state index contributed by atoms with van der Waals surface area (Å²) in [7, 11) is 1.55. The maximum Gasteiger partial charge on any atom is 0.337 e. The van der Waals surface area contributed by atoms with Crippen molar-refractivity contribution in [3.63, 3.8) is 0 Å². The molecule has 0 heterocycles. The van der Waals surface area contributed by atoms with Crippen LogP contribution in [0.25, 0.3) is 0 Å². The number of carbonyl (C=O) groups excluding carboxylic acids is 1. The zero-order chi connectivity index (χ0) is 15.6. The first kappa shape index (κ1) is 15.1. The second-order valence-electron chi connectivity index (χ2n) is 4.65. The van der Waals surface area contributed by atoms with E-state index in [-0.39, 0.29) is 11.5 Å². The Bertz CT molecular complexity index is 712. The Hall–Kier alpha value is -2.33. The molecule has 0 fully saturated rings. The fourth-order valence-electron chi connectivity index (χ4n) is 2.06. The number of carbonyl (C=O) groups is 2. The number of carboxylic acid groups (broad SMARTS) is 1. The number of anilines is 1. The number of benzene rings is 2. The van der Waals surface area contributed by atoms with Gasteiger partial charge in [-0.3, -0.25) is 4.79 Å². The zero-order valence-corrected chi connectivity index (χ0v) is 12.4. The van der Waals surface area contributed by atoms with Crippen LogP contribution in [0.5, 0.6) is 0 Å². The fraction of sp³-hybridized carbons (Fsp3) is 0.125. The molecule has 21 heavy (non-hydrogen) atoms. The lowest BCUT2D eigenvalue weighted by molar-refractivity contribution is 0.0697. The molecule has 1 N–H and O–H groups in total. The molecule has 0 spiro atoms. The van der Waals surface area contributed by atoms with Gasteiger partial charge in [-0.1, -0.05) is 29.8 Å². The number of aryl methyl sites for hydroxylation is 1. The van der Waals surface area contributed by atoms with E-state index in [2.05, 4.69) is 0 Å². The number of hydrogen-bond donors (Lipinski definition) is 1. The highest BCUT2D eigenvalue weighted by Gasteiger charge is 2.20. The third-order valence-corrected chi connectivity index (χ3v) is 3.47. The normalized spacial score (nSPS) is 10.2. The van der Waals surface area contributed by atoms with Gasteiger partial charge in [-0.05, 0) is 36.8 Å². The second kappa shape index (κ2) is 5.97. The van der Waals surface area contributed by atoms with Crippen molar-refractivity contribution in [2.24, 2.45) is 0 Å². The highest BCUT2D eigenvalue weighted by molar-refractivity contribution is 6.31. The summed E-state index contributed by atoms with van der Waals surface area (Å²) in [5, 5.41) is 9.67. The van der Waals surface area contributed by atoms with Crippen LogP contribution < -0.4 is 4.90 Å². The Morgan fingerprint density at radius 3 is 2.43 bits per heavy atom. The molecule has 0 unspecified atom stereocenters. The number of rotatable bonds is 3. The predicted octanol–water partition coefficient (Wildman–Crippen LogP) is 3.62. The maximum absolute atomic E-state index is 12.6. The lowest BCUT2D eigenvalue weighted by Crippen LogP contribution is -2.28. The van der Waals surface area contributed by atoms with Gasteiger partial charge in [0.15, 0.2) is 0 Å². The molecule has 0 aliphatic rings. The highest BCUT2D eigenvalue weighted by Crippen LogP contribution is 2.23. The number of para-hydroxylation sites is 1. The molecule has 4 nitrogen and oxygen atoms in total. The van der Waals surface area contributed by atoms with E-state index in [0.717, 1.165) is 5.56 Å². The molecule has 0 saturated carbocycles. The van der Waals surface area contributed by atoms with Gasteiger partial charge < -0.3 is 10.0 Å². The van der Waals surface area contributed by atoms with E-state index in [9.17, 15) is 14.7 Å². The lowest BCUT2D eigenvalue weighted by Gasteiger charge is -2.20. The van der Waals surface area contributed by atoms with E-state index in [1.54, 1.807) is 50.4 Å². The molecular weight excluding hydrogens is 290 g/mol. The monoisotopic (exact) mass is 303 g/mol. The summed E-state index contributed by atoms with van der Waals surface area (Å²) in [6, 6.07) is 11.4. The largest absolute Gasteiger partial charge is 0.478 e. The van der Waals surface area contributed by atoms with Gasteiger partial charge in [0.05, 0.1) is 11.3 Å². The van der Waals surface area contributed by atoms with Crippen molar-refractivity contribution in [1.29, 1.82) is 0 Å². The quantitative estimate of drug-likeness (QED) is 0.942. The van der Waals surface area contributed by atoms with Crippen LogP contribution in [0.3, 0.4) is 0 Å². The molecule has 2 rings (SSSR count). The van der Waals surface area contributed by atoms with Gasteiger partial charge in [-0.15, -0.1) is 0 Å². The van der Waals surface area contributed by atoms with Crippen LogP contribution >= 0.6 is 11.6 Å². The first-order valence-corrected chi connectivity index (χ1v) is 6.66. The van der Waals surface area contributed by atoms with Crippen LogP contribution in [0.4, 0.5) is 5.69 Å². The molecule has 0 radical (unpaired) electrons. The molecule has 1 amide bonds. The Labute approximate surface area is 127 Å². The van der Waals surface area contributed by atoms with Gasteiger partial charge in [-0.25, -0.2) is 4.79 Å². The molecule has 0 aromatic heterocycles. The zero-order valence-electron chi connectivity index (χ0n) is 11.6. The van der Waals surface area contributed by atoms with E-state index in [0.29, 0.717) is 16.3 Å². The minimum Gasteiger partial charge on any atom is -0.478 e. The van der Waals surface area contributed by atoms with E-state index in [1.807, 2.05) is 0 Å². The smallest absolute Gasteiger partial charge is 0.337 e. The first-order valence-electron chi connectivity index (χ1n) is 6.28. The summed E-state index contributed by atoms with van der Waals surface area (Å²) < 4.78 is 0. The molecule has 2 aromatic rings. The summed E-state index contributed by atoms with van der Waals surface area (Å²) in [5.41, 5.74) is 1.65. The number of hydrogen-bond acceptors (Lipinski definition) is 2. The van der Waals surface area contributed by atoms with Gasteiger partial charge in [0, 0.05) is 17.6 Å². The molecule has 2 aromatic carbocycles. The third kappa shape index (κ3) is 3.06. The molecule has 108 valence electrons. The topological polar surface area (TPSA) is 57.6 Å². The van der Waals surface area contributed by atoms with Crippen molar-refractivity contribution >= 4 is 29.2 Å². The Kier molecular flexibility index (Phi) is 4.29. The predicted molar refractivity (Wildman–Crippen MR) is 82.3 cm³/mol. The average Bonchev–Trinajstić information content (AvgIpc) is 2.48. The number of amides is 1. The highest BCUT2D eigenvalue weighted by atomic mass is 35.5. The average molecular weight is 304 g/mol. The van der Waals surface area contributed by atoms with Gasteiger partial charge in [-0.2, -0.15) is 0 Å². The maximum atomic E-state index is 12.6. The minimum absolute atomic E-state index is 0.0769. The van der Waals surface area contributed by atoms with Crippen LogP contribution in [0.2, 0.25) is 5.02 Å². The number of nitrogens with zero attached hydrogens (tertiary/aromatic N) is 1. The van der Waals surface area contributed by atoms with E-state index >= 15 is 0 Å². The molecular formula is C16H14ClNO3. The molecule has 0 atom stereocenters. The lowest BCUT2D eigenvalue weighted by atomic mass is 10.1. The van der Waals surface area contributed by atoms with Crippen LogP contribution in [0.15, 0.2) is 42.5 Å². The summed E-state index contributed by atoms with van der Waals surface area (Å²) in [6.45, 7) is 1.81. The molecule has 0 bridgehead atoms. The van der Waals surface area contributed by atoms with Crippen molar-refractivity contribution in [2.45, 2.75) is 6.92 Å². The van der Waals surface area contributed by atoms with Gasteiger partial charge in [0.25, 0.3) is 5.91 Å². The number of aromatic carboxylic acids is 1. The third-order valence-electron chi connectivity index (χ3n) is 3.23. The molecule has 0 aliphatic heterocycles. The SMILES string of the molecule is Cc1ccc(Cl)cc1C(=O)N(C)c1ccccc1C(=O)O. The van der Waals surface area contributed by atoms with Gasteiger partial charge in [0.1, 0.15) is 0 Å². The van der Waals surface area contributed by atoms with Gasteiger partial charge >= 0.3 is 5.97 Å². The van der Waals surface area contributed by atoms with Crippen molar-refractivity contribution in [1.82, 2.24) is 0 Å².